The summed E-state index contributed by atoms with van der Waals surface area (Å²) < 4.78 is 68.0. The van der Waals surface area contributed by atoms with Crippen LogP contribution < -0.4 is 8.84 Å². The molecule has 0 bridgehead atoms. The Morgan fingerprint density at radius 1 is 1.10 bits per heavy atom. The van der Waals surface area contributed by atoms with Gasteiger partial charge < -0.3 is 0 Å². The maximum atomic E-state index is 8.57. The first-order chi connectivity index (χ1) is 9.36. The molecule has 0 aliphatic rings. The van der Waals surface area contributed by atoms with Crippen molar-refractivity contribution in [3.05, 3.63) is 18.0 Å². The molecular formula is C6H14Al4N2O8. The van der Waals surface area contributed by atoms with Crippen LogP contribution >= 0.6 is 0 Å². The number of nitrogens with zero attached hydrogens (tertiary/aromatic N) is 2. The van der Waals surface area contributed by atoms with Crippen molar-refractivity contribution in [1.29, 1.82) is 0 Å². The van der Waals surface area contributed by atoms with Crippen LogP contribution in [0.2, 0.25) is 0 Å². The summed E-state index contributed by atoms with van der Waals surface area (Å²) >= 11 is -6.25. The van der Waals surface area contributed by atoms with E-state index in [9.17, 15) is 0 Å². The molecule has 14 heteroatoms. The maximum absolute atomic E-state index is 8.57. The van der Waals surface area contributed by atoms with Gasteiger partial charge in [-0.25, -0.2) is 0 Å². The molecule has 0 aliphatic heterocycles. The number of aromatic nitrogens is 2. The zero-order valence-electron chi connectivity index (χ0n) is 11.2. The van der Waals surface area contributed by atoms with Crippen LogP contribution in [0.1, 0.15) is 5.56 Å². The predicted molar refractivity (Wildman–Crippen MR) is 63.7 cm³/mol. The summed E-state index contributed by atoms with van der Waals surface area (Å²) in [5, 5.41) is 0. The second-order valence-corrected chi connectivity index (χ2v) is 3.39. The first-order valence-electron chi connectivity index (χ1n) is 4.64. The molecule has 0 fully saturated rings. The summed E-state index contributed by atoms with van der Waals surface area (Å²) in [6, 6.07) is 0. The molecular weight excluding hydrogens is 336 g/mol. The quantitative estimate of drug-likeness (QED) is 0.311. The van der Waals surface area contributed by atoms with E-state index >= 15 is 0 Å². The van der Waals surface area contributed by atoms with Gasteiger partial charge in [-0.2, -0.15) is 4.68 Å². The van der Waals surface area contributed by atoms with Crippen LogP contribution in [-0.2, 0) is 29.3 Å². The van der Waals surface area contributed by atoms with Gasteiger partial charge in [0, 0.05) is 5.56 Å². The SMILES string of the molecule is Cc1cn(C)[n+](C)c1.[O]=[Al][O-].[O]=[Al][OH].[O]=[Al][OH].[O]=[Al][OH]. The van der Waals surface area contributed by atoms with Gasteiger partial charge in [-0.1, -0.05) is 0 Å². The minimum atomic E-state index is -1.75. The van der Waals surface area contributed by atoms with Gasteiger partial charge in [0.1, 0.15) is 0 Å². The van der Waals surface area contributed by atoms with Gasteiger partial charge >= 0.3 is 93.8 Å². The third kappa shape index (κ3) is 36.1. The molecule has 20 heavy (non-hydrogen) atoms. The molecule has 0 saturated carbocycles. The summed E-state index contributed by atoms with van der Waals surface area (Å²) in [7, 11) is 4.04. The van der Waals surface area contributed by atoms with Gasteiger partial charge in [0.25, 0.3) is 0 Å². The zero-order valence-corrected chi connectivity index (χ0v) is 15.9. The van der Waals surface area contributed by atoms with E-state index in [-0.39, 0.29) is 0 Å². The first-order valence-corrected chi connectivity index (χ1v) is 8.55. The average molecular weight is 350 g/mol. The third-order valence-corrected chi connectivity index (χ3v) is 1.28. The van der Waals surface area contributed by atoms with Crippen LogP contribution in [0.15, 0.2) is 12.4 Å². The molecule has 10 nitrogen and oxygen atoms in total. The van der Waals surface area contributed by atoms with E-state index in [1.807, 2.05) is 23.5 Å². The Bertz CT molecular complexity index is 317. The molecule has 3 N–H and O–H groups in total. The predicted octanol–water partition coefficient (Wildman–Crippen LogP) is -4.70. The average Bonchev–Trinajstić information content (AvgIpc) is 2.60. The monoisotopic (exact) mass is 350 g/mol. The van der Waals surface area contributed by atoms with Crippen molar-refractivity contribution < 1.29 is 36.5 Å². The Balaban J connectivity index is -0.0000000910. The number of rotatable bonds is 0. The first kappa shape index (κ1) is 28.0. The normalized spacial score (nSPS) is 5.55. The van der Waals surface area contributed by atoms with Gasteiger partial charge in [0.05, 0.1) is 13.2 Å². The number of aryl methyl sites for hydroxylation is 3. The van der Waals surface area contributed by atoms with Gasteiger partial charge in [0.2, 0.25) is 0 Å². The fraction of sp³-hybridized carbons (Fsp3) is 0.500. The summed E-state index contributed by atoms with van der Waals surface area (Å²) in [6.07, 6.45) is 4.17. The van der Waals surface area contributed by atoms with Crippen molar-refractivity contribution in [3.63, 3.8) is 0 Å². The van der Waals surface area contributed by atoms with E-state index in [0.29, 0.717) is 0 Å². The number of hydrogen-bond acceptors (Lipinski definition) is 5. The van der Waals surface area contributed by atoms with Crippen LogP contribution in [0, 0.1) is 6.92 Å². The van der Waals surface area contributed by atoms with Crippen molar-refractivity contribution in [2.24, 2.45) is 14.1 Å². The van der Waals surface area contributed by atoms with Crippen LogP contribution in [0.5, 0.6) is 0 Å². The van der Waals surface area contributed by atoms with E-state index in [1.54, 1.807) is 0 Å². The fourth-order valence-corrected chi connectivity index (χ4v) is 0.805. The minimum absolute atomic E-state index is 1.30. The van der Waals surface area contributed by atoms with Crippen molar-refractivity contribution in [2.45, 2.75) is 6.92 Å². The summed E-state index contributed by atoms with van der Waals surface area (Å²) in [5.41, 5.74) is 1.30. The second-order valence-electron chi connectivity index (χ2n) is 2.56. The molecule has 0 aromatic carbocycles. The van der Waals surface area contributed by atoms with Gasteiger partial charge in [-0.3, -0.25) is 0 Å². The Morgan fingerprint density at radius 3 is 1.40 bits per heavy atom. The summed E-state index contributed by atoms with van der Waals surface area (Å²) in [6.45, 7) is 2.08. The fourth-order valence-electron chi connectivity index (χ4n) is 0.805. The molecule has 0 aliphatic carbocycles. The Kier molecular flexibility index (Phi) is 38.0. The molecule has 0 saturated heterocycles. The summed E-state index contributed by atoms with van der Waals surface area (Å²) in [5.74, 6) is 0. The molecule has 1 heterocycles. The van der Waals surface area contributed by atoms with Crippen LogP contribution in [0.4, 0.5) is 0 Å². The van der Waals surface area contributed by atoms with Crippen molar-refractivity contribution >= 4 is 61.9 Å². The number of hydrogen-bond donors (Lipinski definition) is 3. The Labute approximate surface area is 141 Å². The zero-order chi connectivity index (χ0) is 17.0. The third-order valence-electron chi connectivity index (χ3n) is 1.28. The molecule has 1 rings (SSSR count). The van der Waals surface area contributed by atoms with Crippen molar-refractivity contribution in [1.82, 2.24) is 4.68 Å². The van der Waals surface area contributed by atoms with Gasteiger partial charge in [-0.15, -0.1) is 4.68 Å². The van der Waals surface area contributed by atoms with E-state index in [1.165, 1.54) is 5.56 Å². The van der Waals surface area contributed by atoms with E-state index in [0.717, 1.165) is 0 Å². The molecule has 0 spiro atoms. The van der Waals surface area contributed by atoms with E-state index in [4.69, 9.17) is 31.8 Å². The second kappa shape index (κ2) is 27.1. The van der Waals surface area contributed by atoms with Crippen LogP contribution in [0.3, 0.4) is 0 Å². The van der Waals surface area contributed by atoms with Crippen LogP contribution in [-0.4, -0.2) is 79.1 Å². The molecule has 0 atom stereocenters. The van der Waals surface area contributed by atoms with Crippen molar-refractivity contribution in [2.75, 3.05) is 0 Å². The molecule has 1 aromatic heterocycles. The van der Waals surface area contributed by atoms with Crippen LogP contribution in [0.25, 0.3) is 0 Å². The van der Waals surface area contributed by atoms with Gasteiger partial charge in [0.15, 0.2) is 13.2 Å². The Morgan fingerprint density at radius 2 is 1.35 bits per heavy atom. The standard InChI is InChI=1S/C6H11N2.4Al.3H2O.5O/c1-6-4-7(2)8(3)5-6;;;;;;;;;;;;/h4-5H,1-3H3;;;;;3*1H2;;;;;/q+1;;3*+1;;;;;;;;-1/p-3. The topological polar surface area (TPSA) is 161 Å². The van der Waals surface area contributed by atoms with E-state index < -0.39 is 61.9 Å². The molecule has 108 valence electrons. The summed E-state index contributed by atoms with van der Waals surface area (Å²) in [4.78, 5) is 0. The molecule has 1 aromatic rings. The van der Waals surface area contributed by atoms with Crippen molar-refractivity contribution in [3.8, 4) is 0 Å². The van der Waals surface area contributed by atoms with Gasteiger partial charge in [-0.05, 0) is 6.92 Å². The molecule has 0 radical (unpaired) electrons. The molecule has 0 amide bonds. The van der Waals surface area contributed by atoms with E-state index in [2.05, 4.69) is 19.3 Å². The molecule has 0 unspecified atom stereocenters. The Hall–Kier alpha value is -0.260.